The molecule has 0 atom stereocenters. The van der Waals surface area contributed by atoms with Gasteiger partial charge in [-0.1, -0.05) is 48.5 Å². The van der Waals surface area contributed by atoms with Gasteiger partial charge in [0.05, 0.1) is 12.6 Å². The van der Waals surface area contributed by atoms with E-state index in [1.54, 1.807) is 18.2 Å². The van der Waals surface area contributed by atoms with Gasteiger partial charge in [0.15, 0.2) is 5.75 Å². The van der Waals surface area contributed by atoms with Crippen LogP contribution in [0.3, 0.4) is 0 Å². The van der Waals surface area contributed by atoms with Crippen molar-refractivity contribution in [2.45, 2.75) is 11.3 Å². The Morgan fingerprint density at radius 2 is 1.72 bits per heavy atom. The SMILES string of the molecule is O=C(Cc1ccccc1)NN=Cc1ccccc1OS(=O)(=O)c1cccc(F)c1. The summed E-state index contributed by atoms with van der Waals surface area (Å²) in [6.45, 7) is 0. The summed E-state index contributed by atoms with van der Waals surface area (Å²) in [4.78, 5) is 11.6. The summed E-state index contributed by atoms with van der Waals surface area (Å²) >= 11 is 0. The number of hydrazone groups is 1. The summed E-state index contributed by atoms with van der Waals surface area (Å²) in [5.41, 5.74) is 3.55. The lowest BCUT2D eigenvalue weighted by Crippen LogP contribution is -2.19. The third-order valence-electron chi connectivity index (χ3n) is 3.80. The molecule has 1 N–H and O–H groups in total. The molecule has 3 rings (SSSR count). The first kappa shape index (κ1) is 20.2. The predicted octanol–water partition coefficient (Wildman–Crippen LogP) is 3.29. The van der Waals surface area contributed by atoms with Crippen LogP contribution in [0.5, 0.6) is 5.75 Å². The Kier molecular flexibility index (Phi) is 6.36. The fourth-order valence-electron chi connectivity index (χ4n) is 2.45. The lowest BCUT2D eigenvalue weighted by atomic mass is 10.1. The molecule has 0 radical (unpaired) electrons. The molecule has 3 aromatic carbocycles. The largest absolute Gasteiger partial charge is 0.378 e. The van der Waals surface area contributed by atoms with Gasteiger partial charge in [0.2, 0.25) is 5.91 Å². The Balaban J connectivity index is 1.70. The van der Waals surface area contributed by atoms with Gasteiger partial charge in [0.25, 0.3) is 0 Å². The van der Waals surface area contributed by atoms with E-state index in [4.69, 9.17) is 4.18 Å². The zero-order valence-electron chi connectivity index (χ0n) is 15.2. The number of hydrogen-bond acceptors (Lipinski definition) is 5. The van der Waals surface area contributed by atoms with E-state index >= 15 is 0 Å². The van der Waals surface area contributed by atoms with Crippen molar-refractivity contribution in [1.82, 2.24) is 5.43 Å². The Hall–Kier alpha value is -3.52. The molecule has 1 amide bonds. The highest BCUT2D eigenvalue weighted by molar-refractivity contribution is 7.87. The lowest BCUT2D eigenvalue weighted by molar-refractivity contribution is -0.120. The number of nitrogens with one attached hydrogen (secondary N) is 1. The molecule has 0 heterocycles. The second-order valence-electron chi connectivity index (χ2n) is 5.99. The highest BCUT2D eigenvalue weighted by atomic mass is 32.2. The molecule has 0 saturated carbocycles. The van der Waals surface area contributed by atoms with E-state index in [-0.39, 0.29) is 23.0 Å². The van der Waals surface area contributed by atoms with Crippen molar-refractivity contribution in [2.24, 2.45) is 5.10 Å². The molecule has 0 spiro atoms. The first-order chi connectivity index (χ1) is 13.9. The molecular weight excluding hydrogens is 395 g/mol. The third kappa shape index (κ3) is 5.73. The van der Waals surface area contributed by atoms with Gasteiger partial charge in [-0.3, -0.25) is 4.79 Å². The summed E-state index contributed by atoms with van der Waals surface area (Å²) < 4.78 is 43.2. The number of carbonyl (C=O) groups excluding carboxylic acids is 1. The molecule has 0 fully saturated rings. The Labute approximate surface area is 167 Å². The molecular formula is C21H17FN2O4S. The standard InChI is InChI=1S/C21H17FN2O4S/c22-18-10-6-11-19(14-18)29(26,27)28-20-12-5-4-9-17(20)15-23-24-21(25)13-16-7-2-1-3-8-16/h1-12,14-15H,13H2,(H,24,25). The molecule has 8 heteroatoms. The van der Waals surface area contributed by atoms with E-state index in [1.165, 1.54) is 24.4 Å². The van der Waals surface area contributed by atoms with Crippen molar-refractivity contribution >= 4 is 22.2 Å². The predicted molar refractivity (Wildman–Crippen MR) is 107 cm³/mol. The number of para-hydroxylation sites is 1. The molecule has 6 nitrogen and oxygen atoms in total. The Morgan fingerprint density at radius 3 is 2.48 bits per heavy atom. The van der Waals surface area contributed by atoms with Gasteiger partial charge in [-0.15, -0.1) is 0 Å². The van der Waals surface area contributed by atoms with Crippen molar-refractivity contribution in [3.63, 3.8) is 0 Å². The Morgan fingerprint density at radius 1 is 1.00 bits per heavy atom. The number of halogens is 1. The summed E-state index contributed by atoms with van der Waals surface area (Å²) in [6.07, 6.45) is 1.43. The van der Waals surface area contributed by atoms with Crippen LogP contribution in [0, 0.1) is 5.82 Å². The van der Waals surface area contributed by atoms with Crippen LogP contribution in [-0.2, 0) is 21.3 Å². The van der Waals surface area contributed by atoms with Crippen LogP contribution in [0.2, 0.25) is 0 Å². The smallest absolute Gasteiger partial charge is 0.339 e. The van der Waals surface area contributed by atoms with Crippen molar-refractivity contribution in [1.29, 1.82) is 0 Å². The molecule has 29 heavy (non-hydrogen) atoms. The van der Waals surface area contributed by atoms with Crippen LogP contribution in [0.25, 0.3) is 0 Å². The molecule has 0 bridgehead atoms. The number of benzene rings is 3. The van der Waals surface area contributed by atoms with E-state index in [2.05, 4.69) is 10.5 Å². The van der Waals surface area contributed by atoms with E-state index in [0.717, 1.165) is 17.7 Å². The minimum absolute atomic E-state index is 0.00202. The van der Waals surface area contributed by atoms with E-state index in [0.29, 0.717) is 5.56 Å². The van der Waals surface area contributed by atoms with Gasteiger partial charge >= 0.3 is 10.1 Å². The number of rotatable bonds is 7. The van der Waals surface area contributed by atoms with Crippen molar-refractivity contribution in [2.75, 3.05) is 0 Å². The molecule has 148 valence electrons. The zero-order chi connectivity index (χ0) is 20.7. The monoisotopic (exact) mass is 412 g/mol. The molecule has 0 aliphatic rings. The van der Waals surface area contributed by atoms with Gasteiger partial charge in [-0.2, -0.15) is 13.5 Å². The van der Waals surface area contributed by atoms with Crippen LogP contribution < -0.4 is 9.61 Å². The van der Waals surface area contributed by atoms with Crippen molar-refractivity contribution < 1.29 is 21.8 Å². The zero-order valence-corrected chi connectivity index (χ0v) is 16.0. The first-order valence-corrected chi connectivity index (χ1v) is 10.00. The number of nitrogens with zero attached hydrogens (tertiary/aromatic N) is 1. The van der Waals surface area contributed by atoms with Gasteiger partial charge < -0.3 is 4.18 Å². The molecule has 0 saturated heterocycles. The highest BCUT2D eigenvalue weighted by Crippen LogP contribution is 2.22. The molecule has 0 aliphatic carbocycles. The second-order valence-corrected chi connectivity index (χ2v) is 7.53. The maximum Gasteiger partial charge on any atom is 0.339 e. The van der Waals surface area contributed by atoms with Crippen LogP contribution >= 0.6 is 0 Å². The van der Waals surface area contributed by atoms with Crippen LogP contribution in [0.4, 0.5) is 4.39 Å². The van der Waals surface area contributed by atoms with Gasteiger partial charge in [0.1, 0.15) is 10.7 Å². The van der Waals surface area contributed by atoms with E-state index < -0.39 is 15.9 Å². The third-order valence-corrected chi connectivity index (χ3v) is 5.03. The quantitative estimate of drug-likeness (QED) is 0.367. The highest BCUT2D eigenvalue weighted by Gasteiger charge is 2.18. The van der Waals surface area contributed by atoms with Crippen molar-refractivity contribution in [3.05, 3.63) is 95.8 Å². The maximum atomic E-state index is 13.3. The fourth-order valence-corrected chi connectivity index (χ4v) is 3.43. The molecule has 3 aromatic rings. The molecule has 0 aliphatic heterocycles. The van der Waals surface area contributed by atoms with Gasteiger partial charge in [-0.05, 0) is 35.9 Å². The first-order valence-electron chi connectivity index (χ1n) is 8.59. The minimum atomic E-state index is -4.23. The maximum absolute atomic E-state index is 13.3. The second kappa shape index (κ2) is 9.11. The topological polar surface area (TPSA) is 84.8 Å². The van der Waals surface area contributed by atoms with Crippen molar-refractivity contribution in [3.8, 4) is 5.75 Å². The number of carbonyl (C=O) groups is 1. The minimum Gasteiger partial charge on any atom is -0.378 e. The van der Waals surface area contributed by atoms with Gasteiger partial charge in [0, 0.05) is 5.56 Å². The molecule has 0 unspecified atom stereocenters. The van der Waals surface area contributed by atoms with Crippen LogP contribution in [-0.4, -0.2) is 20.5 Å². The van der Waals surface area contributed by atoms with Crippen LogP contribution in [0.1, 0.15) is 11.1 Å². The summed E-state index contributed by atoms with van der Waals surface area (Å²) in [6, 6.07) is 19.9. The average Bonchev–Trinajstić information content (AvgIpc) is 2.70. The summed E-state index contributed by atoms with van der Waals surface area (Å²) in [7, 11) is -4.23. The van der Waals surface area contributed by atoms with E-state index in [9.17, 15) is 17.6 Å². The fraction of sp³-hybridized carbons (Fsp3) is 0.0476. The number of amides is 1. The average molecular weight is 412 g/mol. The lowest BCUT2D eigenvalue weighted by Gasteiger charge is -2.09. The van der Waals surface area contributed by atoms with E-state index in [1.807, 2.05) is 30.3 Å². The summed E-state index contributed by atoms with van der Waals surface area (Å²) in [5, 5.41) is 3.86. The Bertz CT molecular complexity index is 1130. The van der Waals surface area contributed by atoms with Gasteiger partial charge in [-0.25, -0.2) is 9.82 Å². The molecule has 0 aromatic heterocycles. The number of hydrogen-bond donors (Lipinski definition) is 1. The normalized spacial score (nSPS) is 11.3. The summed E-state index contributed by atoms with van der Waals surface area (Å²) in [5.74, 6) is -1.01. The van der Waals surface area contributed by atoms with Crippen LogP contribution in [0.15, 0.2) is 88.9 Å².